The molecule has 0 fully saturated rings. The van der Waals surface area contributed by atoms with Crippen molar-refractivity contribution in [2.24, 2.45) is 5.84 Å². The lowest BCUT2D eigenvalue weighted by molar-refractivity contribution is 0.203. The molecule has 90 valence electrons. The molecule has 0 aliphatic heterocycles. The summed E-state index contributed by atoms with van der Waals surface area (Å²) >= 11 is 0. The Bertz CT molecular complexity index is 314. The topological polar surface area (TPSA) is 54.2 Å². The monoisotopic (exact) mass is 222 g/mol. The molecule has 1 aromatic rings. The fourth-order valence-electron chi connectivity index (χ4n) is 1.70. The number of aromatic nitrogens is 1. The number of hydrogen-bond donors (Lipinski definition) is 2. The molecular weight excluding hydrogens is 200 g/mol. The van der Waals surface area contributed by atoms with Crippen molar-refractivity contribution in [3.63, 3.8) is 0 Å². The van der Waals surface area contributed by atoms with Crippen molar-refractivity contribution in [1.82, 2.24) is 9.88 Å². The number of nitrogens with one attached hydrogen (secondary N) is 1. The van der Waals surface area contributed by atoms with Gasteiger partial charge in [-0.25, -0.2) is 0 Å². The molecule has 0 bridgehead atoms. The molecule has 1 atom stereocenters. The number of anilines is 1. The first-order valence-corrected chi connectivity index (χ1v) is 5.86. The summed E-state index contributed by atoms with van der Waals surface area (Å²) in [5.74, 6) is 5.38. The van der Waals surface area contributed by atoms with Crippen LogP contribution in [0.25, 0.3) is 0 Å². The number of pyridine rings is 1. The highest BCUT2D eigenvalue weighted by Gasteiger charge is 2.11. The van der Waals surface area contributed by atoms with Gasteiger partial charge in [0.2, 0.25) is 0 Å². The average molecular weight is 222 g/mol. The predicted molar refractivity (Wildman–Crippen MR) is 67.9 cm³/mol. The van der Waals surface area contributed by atoms with E-state index in [2.05, 4.69) is 36.1 Å². The average Bonchev–Trinajstić information content (AvgIpc) is 2.35. The van der Waals surface area contributed by atoms with Crippen LogP contribution < -0.4 is 11.3 Å². The summed E-state index contributed by atoms with van der Waals surface area (Å²) in [6.45, 7) is 8.54. The molecule has 0 aliphatic carbocycles. The minimum Gasteiger partial charge on any atom is -0.324 e. The Balaban J connectivity index is 2.69. The Labute approximate surface area is 97.8 Å². The van der Waals surface area contributed by atoms with E-state index in [0.29, 0.717) is 6.04 Å². The Morgan fingerprint density at radius 1 is 1.50 bits per heavy atom. The van der Waals surface area contributed by atoms with Crippen LogP contribution in [0.3, 0.4) is 0 Å². The number of rotatable bonds is 6. The number of nitrogens with zero attached hydrogens (tertiary/aromatic N) is 2. The maximum Gasteiger partial charge on any atom is 0.0565 e. The van der Waals surface area contributed by atoms with Gasteiger partial charge in [-0.15, -0.1) is 0 Å². The van der Waals surface area contributed by atoms with Gasteiger partial charge in [0.1, 0.15) is 0 Å². The zero-order valence-corrected chi connectivity index (χ0v) is 10.4. The highest BCUT2D eigenvalue weighted by atomic mass is 15.2. The molecule has 1 aromatic heterocycles. The normalized spacial score (nSPS) is 12.8. The van der Waals surface area contributed by atoms with Crippen LogP contribution in [0, 0.1) is 0 Å². The zero-order chi connectivity index (χ0) is 12.0. The Morgan fingerprint density at radius 3 is 2.81 bits per heavy atom. The lowest BCUT2D eigenvalue weighted by Crippen LogP contribution is -2.32. The fraction of sp³-hybridized carbons (Fsp3) is 0.583. The van der Waals surface area contributed by atoms with E-state index in [-0.39, 0.29) is 0 Å². The van der Waals surface area contributed by atoms with E-state index < -0.39 is 0 Å². The molecule has 1 unspecified atom stereocenters. The molecule has 4 nitrogen and oxygen atoms in total. The molecule has 4 heteroatoms. The van der Waals surface area contributed by atoms with Crippen molar-refractivity contribution in [1.29, 1.82) is 0 Å². The third-order valence-electron chi connectivity index (χ3n) is 2.97. The van der Waals surface area contributed by atoms with Crippen LogP contribution in [0.4, 0.5) is 5.69 Å². The number of nitrogen functional groups attached to an aromatic ring is 1. The quantitative estimate of drug-likeness (QED) is 0.571. The molecule has 0 saturated heterocycles. The van der Waals surface area contributed by atoms with Crippen LogP contribution in [0.15, 0.2) is 18.3 Å². The first-order chi connectivity index (χ1) is 7.71. The lowest BCUT2D eigenvalue weighted by Gasteiger charge is -2.26. The minimum absolute atomic E-state index is 0.585. The molecule has 0 aliphatic rings. The Morgan fingerprint density at radius 2 is 2.25 bits per heavy atom. The molecule has 0 aromatic carbocycles. The third-order valence-corrected chi connectivity index (χ3v) is 2.97. The Kier molecular flexibility index (Phi) is 5.22. The van der Waals surface area contributed by atoms with Gasteiger partial charge in [-0.2, -0.15) is 0 Å². The number of nitrogens with two attached hydrogens (primary N) is 1. The summed E-state index contributed by atoms with van der Waals surface area (Å²) in [7, 11) is 0. The lowest BCUT2D eigenvalue weighted by atomic mass is 10.2. The van der Waals surface area contributed by atoms with Crippen LogP contribution in [0.1, 0.15) is 32.9 Å². The van der Waals surface area contributed by atoms with Gasteiger partial charge in [0.05, 0.1) is 11.4 Å². The molecular formula is C12H22N4. The molecule has 0 amide bonds. The first-order valence-electron chi connectivity index (χ1n) is 5.86. The second kappa shape index (κ2) is 6.45. The van der Waals surface area contributed by atoms with E-state index in [1.807, 2.05) is 12.1 Å². The van der Waals surface area contributed by atoms with Gasteiger partial charge in [-0.3, -0.25) is 15.7 Å². The van der Waals surface area contributed by atoms with Crippen molar-refractivity contribution < 1.29 is 0 Å². The van der Waals surface area contributed by atoms with E-state index in [1.54, 1.807) is 6.20 Å². The fourth-order valence-corrected chi connectivity index (χ4v) is 1.70. The van der Waals surface area contributed by atoms with E-state index in [9.17, 15) is 0 Å². The van der Waals surface area contributed by atoms with E-state index in [4.69, 9.17) is 5.84 Å². The second-order valence-electron chi connectivity index (χ2n) is 4.00. The van der Waals surface area contributed by atoms with Crippen LogP contribution >= 0.6 is 0 Å². The molecule has 0 saturated carbocycles. The van der Waals surface area contributed by atoms with E-state index in [1.165, 1.54) is 0 Å². The third kappa shape index (κ3) is 3.47. The van der Waals surface area contributed by atoms with Crippen molar-refractivity contribution in [3.8, 4) is 0 Å². The summed E-state index contributed by atoms with van der Waals surface area (Å²) < 4.78 is 0. The molecule has 1 heterocycles. The maximum atomic E-state index is 5.38. The molecule has 0 spiro atoms. The molecule has 0 radical (unpaired) electrons. The number of hydrazine groups is 1. The van der Waals surface area contributed by atoms with Gasteiger partial charge in [0.25, 0.3) is 0 Å². The minimum atomic E-state index is 0.585. The standard InChI is InChI=1S/C12H22N4/c1-4-10(3)16(5-2)9-12-8-11(15-13)6-7-14-12/h6-8,10H,4-5,9,13H2,1-3H3,(H,14,15). The van der Waals surface area contributed by atoms with Crippen LogP contribution in [-0.4, -0.2) is 22.5 Å². The smallest absolute Gasteiger partial charge is 0.0565 e. The van der Waals surface area contributed by atoms with Crippen LogP contribution in [0.2, 0.25) is 0 Å². The van der Waals surface area contributed by atoms with Gasteiger partial charge >= 0.3 is 0 Å². The largest absolute Gasteiger partial charge is 0.324 e. The maximum absolute atomic E-state index is 5.38. The summed E-state index contributed by atoms with van der Waals surface area (Å²) in [5, 5.41) is 0. The van der Waals surface area contributed by atoms with Gasteiger partial charge in [0.15, 0.2) is 0 Å². The summed E-state index contributed by atoms with van der Waals surface area (Å²) in [6, 6.07) is 4.44. The van der Waals surface area contributed by atoms with Crippen molar-refractivity contribution in [2.75, 3.05) is 12.0 Å². The van der Waals surface area contributed by atoms with Crippen molar-refractivity contribution in [2.45, 2.75) is 39.8 Å². The van der Waals surface area contributed by atoms with E-state index >= 15 is 0 Å². The number of hydrogen-bond acceptors (Lipinski definition) is 4. The van der Waals surface area contributed by atoms with Crippen LogP contribution in [-0.2, 0) is 6.54 Å². The van der Waals surface area contributed by atoms with Gasteiger partial charge < -0.3 is 5.43 Å². The zero-order valence-electron chi connectivity index (χ0n) is 10.4. The van der Waals surface area contributed by atoms with Crippen LogP contribution in [0.5, 0.6) is 0 Å². The summed E-state index contributed by atoms with van der Waals surface area (Å²) in [5.41, 5.74) is 4.60. The highest BCUT2D eigenvalue weighted by molar-refractivity contribution is 5.41. The van der Waals surface area contributed by atoms with Crippen molar-refractivity contribution >= 4 is 5.69 Å². The summed E-state index contributed by atoms with van der Waals surface area (Å²) in [6.07, 6.45) is 2.94. The highest BCUT2D eigenvalue weighted by Crippen LogP contribution is 2.11. The van der Waals surface area contributed by atoms with E-state index in [0.717, 1.165) is 30.9 Å². The van der Waals surface area contributed by atoms with Gasteiger partial charge in [-0.1, -0.05) is 13.8 Å². The molecule has 16 heavy (non-hydrogen) atoms. The molecule has 1 rings (SSSR count). The van der Waals surface area contributed by atoms with Gasteiger partial charge in [0, 0.05) is 18.8 Å². The predicted octanol–water partition coefficient (Wildman–Crippen LogP) is 1.99. The second-order valence-corrected chi connectivity index (χ2v) is 4.00. The molecule has 3 N–H and O–H groups in total. The summed E-state index contributed by atoms with van der Waals surface area (Å²) in [4.78, 5) is 6.76. The van der Waals surface area contributed by atoms with Crippen molar-refractivity contribution in [3.05, 3.63) is 24.0 Å². The van der Waals surface area contributed by atoms with Gasteiger partial charge in [-0.05, 0) is 32.0 Å². The Hall–Kier alpha value is -1.13. The first kappa shape index (κ1) is 12.9. The SMILES string of the molecule is CCC(C)N(CC)Cc1cc(NN)ccn1.